The van der Waals surface area contributed by atoms with Gasteiger partial charge in [-0.05, 0) is 18.2 Å². The van der Waals surface area contributed by atoms with Gasteiger partial charge in [-0.3, -0.25) is 0 Å². The number of rotatable bonds is 2. The molecule has 0 saturated carbocycles. The molecule has 1 rings (SSSR count). The Balaban J connectivity index is 2.74. The van der Waals surface area contributed by atoms with Crippen molar-refractivity contribution < 1.29 is 27.5 Å². The number of hydrogen-bond donors (Lipinski definition) is 2. The molecule has 8 heteroatoms. The normalized spacial score (nSPS) is 10.7. The molecule has 0 heterocycles. The number of ether oxygens (including phenoxy) is 1. The van der Waals surface area contributed by atoms with Crippen LogP contribution in [0.1, 0.15) is 10.4 Å². The van der Waals surface area contributed by atoms with E-state index in [-0.39, 0.29) is 11.3 Å². The Labute approximate surface area is 99.9 Å². The van der Waals surface area contributed by atoms with Crippen LogP contribution in [0.25, 0.3) is 0 Å². The molecule has 0 aliphatic rings. The van der Waals surface area contributed by atoms with Crippen LogP contribution in [0.2, 0.25) is 0 Å². The lowest BCUT2D eigenvalue weighted by molar-refractivity contribution is -0.144. The third-order valence-electron chi connectivity index (χ3n) is 1.80. The SMILES string of the molecule is COC(=O)c1cccc(NC(=O)NC(F)(F)F)c1. The predicted molar refractivity (Wildman–Crippen MR) is 56.0 cm³/mol. The summed E-state index contributed by atoms with van der Waals surface area (Å²) in [6, 6.07) is 3.89. The molecule has 2 N–H and O–H groups in total. The van der Waals surface area contributed by atoms with Crippen molar-refractivity contribution in [2.24, 2.45) is 0 Å². The number of esters is 1. The summed E-state index contributed by atoms with van der Waals surface area (Å²) < 4.78 is 39.9. The molecule has 2 amide bonds. The maximum Gasteiger partial charge on any atom is 0.485 e. The molecule has 1 aromatic carbocycles. The van der Waals surface area contributed by atoms with Crippen molar-refractivity contribution in [3.8, 4) is 0 Å². The summed E-state index contributed by atoms with van der Waals surface area (Å²) in [4.78, 5) is 22.1. The molecule has 5 nitrogen and oxygen atoms in total. The van der Waals surface area contributed by atoms with E-state index >= 15 is 0 Å². The second-order valence-corrected chi connectivity index (χ2v) is 3.15. The van der Waals surface area contributed by atoms with Gasteiger partial charge in [0.15, 0.2) is 0 Å². The van der Waals surface area contributed by atoms with Crippen LogP contribution in [-0.2, 0) is 4.74 Å². The van der Waals surface area contributed by atoms with Gasteiger partial charge in [-0.15, -0.1) is 0 Å². The smallest absolute Gasteiger partial charge is 0.465 e. The maximum absolute atomic E-state index is 11.8. The molecule has 1 aromatic rings. The Bertz CT molecular complexity index is 460. The molecule has 0 saturated heterocycles. The molecule has 0 atom stereocenters. The molecule has 0 unspecified atom stereocenters. The van der Waals surface area contributed by atoms with Crippen molar-refractivity contribution in [2.75, 3.05) is 12.4 Å². The van der Waals surface area contributed by atoms with Crippen LogP contribution in [0.3, 0.4) is 0 Å². The van der Waals surface area contributed by atoms with Gasteiger partial charge in [0.2, 0.25) is 0 Å². The summed E-state index contributed by atoms with van der Waals surface area (Å²) in [5.41, 5.74) is 0.155. The van der Waals surface area contributed by atoms with Crippen molar-refractivity contribution in [3.63, 3.8) is 0 Å². The second kappa shape index (κ2) is 5.39. The van der Waals surface area contributed by atoms with Crippen LogP contribution in [0.4, 0.5) is 23.7 Å². The standard InChI is InChI=1S/C10H9F3N2O3/c1-18-8(16)6-3-2-4-7(5-6)14-9(17)15-10(11,12)13/h2-5H,1H3,(H2,14,15,17). The summed E-state index contributed by atoms with van der Waals surface area (Å²) in [5, 5.41) is 2.70. The highest BCUT2D eigenvalue weighted by atomic mass is 19.4. The zero-order chi connectivity index (χ0) is 13.8. The minimum Gasteiger partial charge on any atom is -0.465 e. The second-order valence-electron chi connectivity index (χ2n) is 3.15. The van der Waals surface area contributed by atoms with Gasteiger partial charge >= 0.3 is 18.3 Å². The molecule has 0 fully saturated rings. The van der Waals surface area contributed by atoms with Gasteiger partial charge in [0.05, 0.1) is 12.7 Å². The Morgan fingerprint density at radius 1 is 1.28 bits per heavy atom. The number of carbonyl (C=O) groups is 2. The lowest BCUT2D eigenvalue weighted by atomic mass is 10.2. The van der Waals surface area contributed by atoms with Gasteiger partial charge in [0.25, 0.3) is 0 Å². The summed E-state index contributed by atoms with van der Waals surface area (Å²) in [6.07, 6.45) is -4.82. The van der Waals surface area contributed by atoms with E-state index in [2.05, 4.69) is 4.74 Å². The number of hydrogen-bond acceptors (Lipinski definition) is 3. The quantitative estimate of drug-likeness (QED) is 0.633. The van der Waals surface area contributed by atoms with Gasteiger partial charge in [-0.25, -0.2) is 14.9 Å². The topological polar surface area (TPSA) is 67.4 Å². The van der Waals surface area contributed by atoms with Crippen LogP contribution >= 0.6 is 0 Å². The monoisotopic (exact) mass is 262 g/mol. The third kappa shape index (κ3) is 4.32. The Morgan fingerprint density at radius 2 is 1.94 bits per heavy atom. The minimum atomic E-state index is -4.82. The van der Waals surface area contributed by atoms with E-state index in [1.165, 1.54) is 31.4 Å². The van der Waals surface area contributed by atoms with Gasteiger partial charge in [0.1, 0.15) is 0 Å². The summed E-state index contributed by atoms with van der Waals surface area (Å²) in [6.45, 7) is 0. The van der Waals surface area contributed by atoms with Gasteiger partial charge < -0.3 is 10.1 Å². The fourth-order valence-electron chi connectivity index (χ4n) is 1.13. The molecule has 0 aliphatic heterocycles. The van der Waals surface area contributed by atoms with Crippen molar-refractivity contribution in [1.29, 1.82) is 0 Å². The number of carbonyl (C=O) groups excluding carboxylic acids is 2. The number of benzene rings is 1. The number of amides is 2. The molecule has 0 aromatic heterocycles. The van der Waals surface area contributed by atoms with Gasteiger partial charge in [0, 0.05) is 5.69 Å². The van der Waals surface area contributed by atoms with Crippen molar-refractivity contribution in [1.82, 2.24) is 5.32 Å². The molecule has 0 bridgehead atoms. The van der Waals surface area contributed by atoms with Gasteiger partial charge in [-0.1, -0.05) is 6.07 Å². The minimum absolute atomic E-state index is 0.0413. The predicted octanol–water partition coefficient (Wildman–Crippen LogP) is 2.11. The highest BCUT2D eigenvalue weighted by Gasteiger charge is 2.30. The van der Waals surface area contributed by atoms with E-state index in [0.29, 0.717) is 0 Å². The fourth-order valence-corrected chi connectivity index (χ4v) is 1.13. The molecule has 0 aliphatic carbocycles. The van der Waals surface area contributed by atoms with Crippen molar-refractivity contribution >= 4 is 17.7 Å². The van der Waals surface area contributed by atoms with Crippen molar-refractivity contribution in [3.05, 3.63) is 29.8 Å². The van der Waals surface area contributed by atoms with Crippen molar-refractivity contribution in [2.45, 2.75) is 6.30 Å². The number of methoxy groups -OCH3 is 1. The lowest BCUT2D eigenvalue weighted by Crippen LogP contribution is -2.40. The van der Waals surface area contributed by atoms with E-state index in [1.54, 1.807) is 0 Å². The average molecular weight is 262 g/mol. The first-order valence-electron chi connectivity index (χ1n) is 4.66. The summed E-state index contributed by atoms with van der Waals surface area (Å²) in [7, 11) is 1.17. The zero-order valence-corrected chi connectivity index (χ0v) is 9.17. The number of alkyl halides is 3. The number of urea groups is 1. The Morgan fingerprint density at radius 3 is 2.50 bits per heavy atom. The molecule has 0 spiro atoms. The van der Waals surface area contributed by atoms with Crippen LogP contribution in [0, 0.1) is 0 Å². The van der Waals surface area contributed by atoms with E-state index in [9.17, 15) is 22.8 Å². The summed E-state index contributed by atoms with van der Waals surface area (Å²) >= 11 is 0. The van der Waals surface area contributed by atoms with Crippen LogP contribution < -0.4 is 10.6 Å². The van der Waals surface area contributed by atoms with E-state index in [0.717, 1.165) is 5.32 Å². The number of nitrogens with one attached hydrogen (secondary N) is 2. The molecule has 18 heavy (non-hydrogen) atoms. The highest BCUT2D eigenvalue weighted by Crippen LogP contribution is 2.13. The number of halogens is 3. The first-order valence-corrected chi connectivity index (χ1v) is 4.66. The lowest BCUT2D eigenvalue weighted by Gasteiger charge is -2.10. The Hall–Kier alpha value is -2.25. The summed E-state index contributed by atoms with van der Waals surface area (Å²) in [5.74, 6) is -0.658. The first kappa shape index (κ1) is 13.8. The van der Waals surface area contributed by atoms with E-state index < -0.39 is 18.3 Å². The number of anilines is 1. The molecule has 98 valence electrons. The molecular weight excluding hydrogens is 253 g/mol. The zero-order valence-electron chi connectivity index (χ0n) is 9.17. The Kier molecular flexibility index (Phi) is 4.13. The molecular formula is C10H9F3N2O3. The average Bonchev–Trinajstić information content (AvgIpc) is 2.25. The van der Waals surface area contributed by atoms with E-state index in [1.807, 2.05) is 5.32 Å². The van der Waals surface area contributed by atoms with E-state index in [4.69, 9.17) is 0 Å². The highest BCUT2D eigenvalue weighted by molar-refractivity contribution is 5.93. The largest absolute Gasteiger partial charge is 0.485 e. The van der Waals surface area contributed by atoms with Crippen LogP contribution in [0.15, 0.2) is 24.3 Å². The molecule has 0 radical (unpaired) electrons. The fraction of sp³-hybridized carbons (Fsp3) is 0.200. The van der Waals surface area contributed by atoms with Crippen LogP contribution in [-0.4, -0.2) is 25.4 Å². The van der Waals surface area contributed by atoms with Crippen LogP contribution in [0.5, 0.6) is 0 Å². The maximum atomic E-state index is 11.8. The first-order chi connectivity index (χ1) is 8.31. The van der Waals surface area contributed by atoms with Gasteiger partial charge in [-0.2, -0.15) is 13.2 Å². The third-order valence-corrected chi connectivity index (χ3v) is 1.80.